The van der Waals surface area contributed by atoms with Crippen LogP contribution < -0.4 is 4.90 Å². The molecule has 2 aliphatic rings. The summed E-state index contributed by atoms with van der Waals surface area (Å²) in [6, 6.07) is 0. The van der Waals surface area contributed by atoms with Gasteiger partial charge in [-0.1, -0.05) is 0 Å². The molecular formula is C18H25N5OS. The van der Waals surface area contributed by atoms with Crippen molar-refractivity contribution in [2.75, 3.05) is 50.7 Å². The van der Waals surface area contributed by atoms with Crippen molar-refractivity contribution in [3.05, 3.63) is 16.8 Å². The van der Waals surface area contributed by atoms with Crippen molar-refractivity contribution in [2.45, 2.75) is 26.7 Å². The van der Waals surface area contributed by atoms with Crippen LogP contribution >= 0.6 is 11.3 Å². The normalized spacial score (nSPS) is 19.1. The quantitative estimate of drug-likeness (QED) is 0.840. The smallest absolute Gasteiger partial charge is 0.236 e. The third-order valence-corrected chi connectivity index (χ3v) is 6.55. The average Bonchev–Trinajstić information content (AvgIpc) is 3.25. The topological polar surface area (TPSA) is 52.6 Å². The number of fused-ring (bicyclic) bond motifs is 1. The van der Waals surface area contributed by atoms with Crippen molar-refractivity contribution in [3.8, 4) is 0 Å². The Morgan fingerprint density at radius 2 is 1.80 bits per heavy atom. The zero-order valence-electron chi connectivity index (χ0n) is 15.0. The number of anilines is 1. The van der Waals surface area contributed by atoms with E-state index < -0.39 is 0 Å². The molecule has 7 heteroatoms. The number of nitrogens with zero attached hydrogens (tertiary/aromatic N) is 5. The van der Waals surface area contributed by atoms with Gasteiger partial charge in [-0.15, -0.1) is 11.3 Å². The van der Waals surface area contributed by atoms with Gasteiger partial charge in [0, 0.05) is 44.1 Å². The number of carbonyl (C=O) groups excluding carboxylic acids is 1. The number of hydrogen-bond donors (Lipinski definition) is 0. The minimum absolute atomic E-state index is 0.291. The van der Waals surface area contributed by atoms with E-state index in [0.717, 1.165) is 62.8 Å². The van der Waals surface area contributed by atoms with Crippen molar-refractivity contribution >= 4 is 33.3 Å². The number of amides is 1. The summed E-state index contributed by atoms with van der Waals surface area (Å²) in [6.07, 6.45) is 3.99. The first-order valence-electron chi connectivity index (χ1n) is 9.09. The first-order chi connectivity index (χ1) is 12.1. The summed E-state index contributed by atoms with van der Waals surface area (Å²) in [6.45, 7) is 10.4. The van der Waals surface area contributed by atoms with Crippen LogP contribution in [0.15, 0.2) is 6.33 Å². The van der Waals surface area contributed by atoms with E-state index in [1.807, 2.05) is 4.90 Å². The molecule has 2 saturated heterocycles. The molecule has 4 rings (SSSR count). The van der Waals surface area contributed by atoms with Gasteiger partial charge in [0.1, 0.15) is 17.0 Å². The fourth-order valence-corrected chi connectivity index (χ4v) is 4.77. The Hall–Kier alpha value is -1.73. The average molecular weight is 359 g/mol. The molecule has 0 unspecified atom stereocenters. The molecule has 0 aliphatic carbocycles. The standard InChI is InChI=1S/C18H25N5OS/c1-13-14(2)25-18-16(13)17(19-12-20-18)23-9-7-21(8-10-23)11-15(24)22-5-3-4-6-22/h12H,3-11H2,1-2H3. The van der Waals surface area contributed by atoms with E-state index in [1.54, 1.807) is 17.7 Å². The molecule has 1 amide bonds. The summed E-state index contributed by atoms with van der Waals surface area (Å²) < 4.78 is 0. The number of likely N-dealkylation sites (tertiary alicyclic amines) is 1. The Bertz CT molecular complexity index is 775. The van der Waals surface area contributed by atoms with Gasteiger partial charge in [-0.2, -0.15) is 0 Å². The molecule has 2 aromatic rings. The zero-order chi connectivity index (χ0) is 17.4. The summed E-state index contributed by atoms with van der Waals surface area (Å²) in [5.74, 6) is 1.34. The molecule has 0 saturated carbocycles. The summed E-state index contributed by atoms with van der Waals surface area (Å²) >= 11 is 1.74. The molecule has 2 aliphatic heterocycles. The summed E-state index contributed by atoms with van der Waals surface area (Å²) in [4.78, 5) is 30.4. The predicted molar refractivity (Wildman–Crippen MR) is 101 cm³/mol. The lowest BCUT2D eigenvalue weighted by Gasteiger charge is -2.35. The summed E-state index contributed by atoms with van der Waals surface area (Å²) in [7, 11) is 0. The van der Waals surface area contributed by atoms with Crippen LogP contribution in [-0.2, 0) is 4.79 Å². The van der Waals surface area contributed by atoms with Crippen LogP contribution in [0.2, 0.25) is 0 Å². The Kier molecular flexibility index (Phi) is 4.60. The van der Waals surface area contributed by atoms with E-state index in [9.17, 15) is 4.79 Å². The summed E-state index contributed by atoms with van der Waals surface area (Å²) in [5, 5.41) is 1.20. The first-order valence-corrected chi connectivity index (χ1v) is 9.91. The highest BCUT2D eigenvalue weighted by atomic mass is 32.1. The summed E-state index contributed by atoms with van der Waals surface area (Å²) in [5.41, 5.74) is 1.29. The van der Waals surface area contributed by atoms with E-state index in [4.69, 9.17) is 0 Å². The van der Waals surface area contributed by atoms with Gasteiger partial charge in [-0.05, 0) is 32.3 Å². The highest BCUT2D eigenvalue weighted by Crippen LogP contribution is 2.34. The second-order valence-electron chi connectivity index (χ2n) is 7.01. The molecule has 2 fully saturated rings. The maximum absolute atomic E-state index is 12.3. The van der Waals surface area contributed by atoms with E-state index in [1.165, 1.54) is 15.8 Å². The minimum Gasteiger partial charge on any atom is -0.353 e. The predicted octanol–water partition coefficient (Wildman–Crippen LogP) is 2.05. The van der Waals surface area contributed by atoms with Crippen molar-refractivity contribution in [2.24, 2.45) is 0 Å². The number of hydrogen-bond acceptors (Lipinski definition) is 6. The van der Waals surface area contributed by atoms with Gasteiger partial charge in [0.05, 0.1) is 11.9 Å². The van der Waals surface area contributed by atoms with Crippen molar-refractivity contribution < 1.29 is 4.79 Å². The van der Waals surface area contributed by atoms with Gasteiger partial charge in [0.2, 0.25) is 5.91 Å². The highest BCUT2D eigenvalue weighted by molar-refractivity contribution is 7.18. The van der Waals surface area contributed by atoms with Crippen LogP contribution in [0.3, 0.4) is 0 Å². The fraction of sp³-hybridized carbons (Fsp3) is 0.611. The molecule has 25 heavy (non-hydrogen) atoms. The Morgan fingerprint density at radius 3 is 2.52 bits per heavy atom. The number of piperazine rings is 1. The lowest BCUT2D eigenvalue weighted by Crippen LogP contribution is -2.50. The minimum atomic E-state index is 0.291. The first kappa shape index (κ1) is 16.7. The van der Waals surface area contributed by atoms with Gasteiger partial charge in [0.25, 0.3) is 0 Å². The van der Waals surface area contributed by atoms with Crippen LogP contribution in [0.4, 0.5) is 5.82 Å². The number of aryl methyl sites for hydroxylation is 2. The number of rotatable bonds is 3. The molecule has 134 valence electrons. The molecule has 0 spiro atoms. The number of thiophene rings is 1. The van der Waals surface area contributed by atoms with Crippen LogP contribution in [0.1, 0.15) is 23.3 Å². The van der Waals surface area contributed by atoms with E-state index in [0.29, 0.717) is 12.5 Å². The van der Waals surface area contributed by atoms with Crippen molar-refractivity contribution in [1.82, 2.24) is 19.8 Å². The number of carbonyl (C=O) groups is 1. The SMILES string of the molecule is Cc1sc2ncnc(N3CCN(CC(=O)N4CCCC4)CC3)c2c1C. The Balaban J connectivity index is 1.43. The Labute approximate surface area is 152 Å². The van der Waals surface area contributed by atoms with Crippen molar-refractivity contribution in [3.63, 3.8) is 0 Å². The largest absolute Gasteiger partial charge is 0.353 e. The molecular weight excluding hydrogens is 334 g/mol. The van der Waals surface area contributed by atoms with Crippen LogP contribution in [0.25, 0.3) is 10.2 Å². The maximum Gasteiger partial charge on any atom is 0.236 e. The maximum atomic E-state index is 12.3. The molecule has 0 bridgehead atoms. The molecule has 0 aromatic carbocycles. The van der Waals surface area contributed by atoms with E-state index in [-0.39, 0.29) is 0 Å². The van der Waals surface area contributed by atoms with Crippen LogP contribution in [-0.4, -0.2) is 71.5 Å². The number of aromatic nitrogens is 2. The van der Waals surface area contributed by atoms with Gasteiger partial charge in [-0.3, -0.25) is 9.69 Å². The molecule has 0 atom stereocenters. The van der Waals surface area contributed by atoms with Crippen molar-refractivity contribution in [1.29, 1.82) is 0 Å². The van der Waals surface area contributed by atoms with Gasteiger partial charge in [-0.25, -0.2) is 9.97 Å². The second kappa shape index (κ2) is 6.88. The van der Waals surface area contributed by atoms with Gasteiger partial charge < -0.3 is 9.80 Å². The zero-order valence-corrected chi connectivity index (χ0v) is 15.8. The third-order valence-electron chi connectivity index (χ3n) is 5.43. The highest BCUT2D eigenvalue weighted by Gasteiger charge is 2.25. The van der Waals surface area contributed by atoms with E-state index >= 15 is 0 Å². The van der Waals surface area contributed by atoms with Crippen LogP contribution in [0, 0.1) is 13.8 Å². The lowest BCUT2D eigenvalue weighted by molar-refractivity contribution is -0.131. The molecule has 0 radical (unpaired) electrons. The van der Waals surface area contributed by atoms with E-state index in [2.05, 4.69) is 33.6 Å². The van der Waals surface area contributed by atoms with Crippen LogP contribution in [0.5, 0.6) is 0 Å². The molecule has 0 N–H and O–H groups in total. The lowest BCUT2D eigenvalue weighted by atomic mass is 10.2. The fourth-order valence-electron chi connectivity index (χ4n) is 3.78. The second-order valence-corrected chi connectivity index (χ2v) is 8.21. The molecule has 4 heterocycles. The third kappa shape index (κ3) is 3.22. The Morgan fingerprint density at radius 1 is 1.08 bits per heavy atom. The molecule has 2 aromatic heterocycles. The van der Waals surface area contributed by atoms with Gasteiger partial charge in [0.15, 0.2) is 0 Å². The monoisotopic (exact) mass is 359 g/mol. The molecule has 6 nitrogen and oxygen atoms in total. The van der Waals surface area contributed by atoms with Gasteiger partial charge >= 0.3 is 0 Å².